The van der Waals surface area contributed by atoms with E-state index in [1.807, 2.05) is 13.8 Å². The zero-order valence-electron chi connectivity index (χ0n) is 7.55. The topological polar surface area (TPSA) is 26.3 Å². The number of hydrogen-bond acceptors (Lipinski definition) is 2. The van der Waals surface area contributed by atoms with Crippen molar-refractivity contribution in [3.8, 4) is 0 Å². The molecule has 2 nitrogen and oxygen atoms in total. The molecule has 0 aromatic heterocycles. The summed E-state index contributed by atoms with van der Waals surface area (Å²) in [6.07, 6.45) is 4.70. The first-order valence-electron chi connectivity index (χ1n) is 4.19. The molecule has 0 spiro atoms. The molecular formula is C9H15ClO2. The van der Waals surface area contributed by atoms with E-state index in [9.17, 15) is 4.79 Å². The highest BCUT2D eigenvalue weighted by Gasteiger charge is 1.97. The third kappa shape index (κ3) is 6.23. The van der Waals surface area contributed by atoms with Crippen LogP contribution in [0.4, 0.5) is 0 Å². The van der Waals surface area contributed by atoms with Gasteiger partial charge in [-0.15, -0.1) is 11.6 Å². The van der Waals surface area contributed by atoms with Gasteiger partial charge in [-0.1, -0.05) is 19.9 Å². The molecule has 0 saturated heterocycles. The molecule has 0 rings (SSSR count). The molecule has 0 aliphatic carbocycles. The summed E-state index contributed by atoms with van der Waals surface area (Å²) in [5.74, 6) is -0.309. The van der Waals surface area contributed by atoms with Crippen molar-refractivity contribution in [2.45, 2.75) is 32.1 Å². The number of carbonyl (C=O) groups excluding carboxylic acids is 1. The molecule has 3 heteroatoms. The summed E-state index contributed by atoms with van der Waals surface area (Å²) >= 11 is 5.75. The van der Waals surface area contributed by atoms with E-state index in [4.69, 9.17) is 16.3 Å². The van der Waals surface area contributed by atoms with Gasteiger partial charge in [0.1, 0.15) is 0 Å². The molecule has 0 aliphatic rings. The monoisotopic (exact) mass is 190 g/mol. The maximum absolute atomic E-state index is 10.9. The molecule has 0 bridgehead atoms. The quantitative estimate of drug-likeness (QED) is 0.378. The van der Waals surface area contributed by atoms with E-state index in [1.54, 1.807) is 6.08 Å². The molecule has 70 valence electrons. The lowest BCUT2D eigenvalue weighted by atomic mass is 10.3. The summed E-state index contributed by atoms with van der Waals surface area (Å²) in [7, 11) is 0. The van der Waals surface area contributed by atoms with Gasteiger partial charge in [0, 0.05) is 6.08 Å². The van der Waals surface area contributed by atoms with Crippen LogP contribution in [0.2, 0.25) is 0 Å². The standard InChI is InChI=1S/C9H15ClO2/c1-3-7-12-9(11)6-5-8(10)4-2/h5-6,8H,3-4,7H2,1-2H3. The van der Waals surface area contributed by atoms with Crippen molar-refractivity contribution in [3.05, 3.63) is 12.2 Å². The number of esters is 1. The Balaban J connectivity index is 3.60. The molecule has 0 N–H and O–H groups in total. The molecule has 1 unspecified atom stereocenters. The molecule has 0 aliphatic heterocycles. The van der Waals surface area contributed by atoms with Gasteiger partial charge in [-0.2, -0.15) is 0 Å². The van der Waals surface area contributed by atoms with Crippen LogP contribution in [-0.4, -0.2) is 18.0 Å². The fourth-order valence-electron chi connectivity index (χ4n) is 0.570. The van der Waals surface area contributed by atoms with Gasteiger partial charge in [-0.3, -0.25) is 0 Å². The molecule has 1 atom stereocenters. The Kier molecular flexibility index (Phi) is 6.87. The predicted octanol–water partition coefficient (Wildman–Crippen LogP) is 2.51. The second kappa shape index (κ2) is 7.17. The third-order valence-electron chi connectivity index (χ3n) is 1.28. The maximum atomic E-state index is 10.9. The van der Waals surface area contributed by atoms with Crippen LogP contribution in [0.3, 0.4) is 0 Å². The van der Waals surface area contributed by atoms with Crippen LogP contribution in [0, 0.1) is 0 Å². The maximum Gasteiger partial charge on any atom is 0.330 e. The van der Waals surface area contributed by atoms with Gasteiger partial charge in [-0.05, 0) is 12.8 Å². The molecule has 0 amide bonds. The first-order valence-corrected chi connectivity index (χ1v) is 4.63. The molecule has 0 radical (unpaired) electrons. The Labute approximate surface area is 78.5 Å². The molecule has 0 aromatic carbocycles. The Morgan fingerprint density at radius 3 is 2.75 bits per heavy atom. The van der Waals surface area contributed by atoms with E-state index < -0.39 is 0 Å². The van der Waals surface area contributed by atoms with Gasteiger partial charge in [0.15, 0.2) is 0 Å². The van der Waals surface area contributed by atoms with Gasteiger partial charge in [0.2, 0.25) is 0 Å². The van der Waals surface area contributed by atoms with Crippen LogP contribution in [0.15, 0.2) is 12.2 Å². The first kappa shape index (κ1) is 11.5. The Morgan fingerprint density at radius 1 is 1.58 bits per heavy atom. The SMILES string of the molecule is CCCOC(=O)C=CC(Cl)CC. The predicted molar refractivity (Wildman–Crippen MR) is 50.3 cm³/mol. The summed E-state index contributed by atoms with van der Waals surface area (Å²) in [5, 5.41) is -0.0702. The van der Waals surface area contributed by atoms with E-state index in [-0.39, 0.29) is 11.3 Å². The Morgan fingerprint density at radius 2 is 2.25 bits per heavy atom. The number of carbonyl (C=O) groups is 1. The van der Waals surface area contributed by atoms with Crippen molar-refractivity contribution in [2.75, 3.05) is 6.61 Å². The lowest BCUT2D eigenvalue weighted by molar-refractivity contribution is -0.137. The number of allylic oxidation sites excluding steroid dienone is 1. The highest BCUT2D eigenvalue weighted by molar-refractivity contribution is 6.21. The molecule has 12 heavy (non-hydrogen) atoms. The summed E-state index contributed by atoms with van der Waals surface area (Å²) in [4.78, 5) is 10.9. The fraction of sp³-hybridized carbons (Fsp3) is 0.667. The summed E-state index contributed by atoms with van der Waals surface area (Å²) in [6.45, 7) is 4.38. The van der Waals surface area contributed by atoms with Crippen LogP contribution in [0.25, 0.3) is 0 Å². The van der Waals surface area contributed by atoms with Crippen LogP contribution >= 0.6 is 11.6 Å². The Hall–Kier alpha value is -0.500. The fourth-order valence-corrected chi connectivity index (χ4v) is 0.643. The van der Waals surface area contributed by atoms with Crippen LogP contribution in [-0.2, 0) is 9.53 Å². The van der Waals surface area contributed by atoms with E-state index in [1.165, 1.54) is 6.08 Å². The van der Waals surface area contributed by atoms with Crippen LogP contribution in [0.5, 0.6) is 0 Å². The zero-order valence-corrected chi connectivity index (χ0v) is 8.30. The Bertz CT molecular complexity index is 155. The smallest absolute Gasteiger partial charge is 0.330 e. The summed E-state index contributed by atoms with van der Waals surface area (Å²) < 4.78 is 4.80. The van der Waals surface area contributed by atoms with Crippen molar-refractivity contribution >= 4 is 17.6 Å². The van der Waals surface area contributed by atoms with E-state index in [2.05, 4.69) is 0 Å². The van der Waals surface area contributed by atoms with Crippen molar-refractivity contribution < 1.29 is 9.53 Å². The molecule has 0 heterocycles. The molecule has 0 aromatic rings. The van der Waals surface area contributed by atoms with Gasteiger partial charge in [-0.25, -0.2) is 4.79 Å². The van der Waals surface area contributed by atoms with Gasteiger partial charge >= 0.3 is 5.97 Å². The number of ether oxygens (including phenoxy) is 1. The first-order chi connectivity index (χ1) is 5.70. The highest BCUT2D eigenvalue weighted by Crippen LogP contribution is 2.02. The van der Waals surface area contributed by atoms with Crippen LogP contribution < -0.4 is 0 Å². The van der Waals surface area contributed by atoms with Crippen molar-refractivity contribution in [1.29, 1.82) is 0 Å². The molecule has 0 fully saturated rings. The number of halogens is 1. The van der Waals surface area contributed by atoms with E-state index in [0.717, 1.165) is 12.8 Å². The second-order valence-electron chi connectivity index (χ2n) is 2.45. The summed E-state index contributed by atoms with van der Waals surface area (Å²) in [5.41, 5.74) is 0. The van der Waals surface area contributed by atoms with Crippen molar-refractivity contribution in [3.63, 3.8) is 0 Å². The van der Waals surface area contributed by atoms with Gasteiger partial charge in [0.05, 0.1) is 12.0 Å². The minimum absolute atomic E-state index is 0.0702. The van der Waals surface area contributed by atoms with Gasteiger partial charge in [0.25, 0.3) is 0 Å². The van der Waals surface area contributed by atoms with E-state index >= 15 is 0 Å². The zero-order chi connectivity index (χ0) is 9.40. The second-order valence-corrected chi connectivity index (χ2v) is 3.01. The lowest BCUT2D eigenvalue weighted by Crippen LogP contribution is -2.02. The van der Waals surface area contributed by atoms with E-state index in [0.29, 0.717) is 6.61 Å². The van der Waals surface area contributed by atoms with Gasteiger partial charge < -0.3 is 4.74 Å². The van der Waals surface area contributed by atoms with Crippen molar-refractivity contribution in [1.82, 2.24) is 0 Å². The number of alkyl halides is 1. The van der Waals surface area contributed by atoms with Crippen molar-refractivity contribution in [2.24, 2.45) is 0 Å². The number of hydrogen-bond donors (Lipinski definition) is 0. The lowest BCUT2D eigenvalue weighted by Gasteiger charge is -1.99. The average Bonchev–Trinajstić information content (AvgIpc) is 2.10. The normalized spacial score (nSPS) is 13.2. The molecule has 0 saturated carbocycles. The highest BCUT2D eigenvalue weighted by atomic mass is 35.5. The average molecular weight is 191 g/mol. The minimum atomic E-state index is -0.309. The third-order valence-corrected chi connectivity index (χ3v) is 1.73. The van der Waals surface area contributed by atoms with Crippen LogP contribution in [0.1, 0.15) is 26.7 Å². The molecular weight excluding hydrogens is 176 g/mol. The largest absolute Gasteiger partial charge is 0.463 e. The number of rotatable bonds is 5. The minimum Gasteiger partial charge on any atom is -0.463 e. The summed E-state index contributed by atoms with van der Waals surface area (Å²) in [6, 6.07) is 0.